The minimum absolute atomic E-state index is 0. The molecule has 0 radical (unpaired) electrons. The van der Waals surface area contributed by atoms with Crippen molar-refractivity contribution in [3.8, 4) is 0 Å². The molecule has 1 aromatic heterocycles. The van der Waals surface area contributed by atoms with Gasteiger partial charge < -0.3 is 21.1 Å². The summed E-state index contributed by atoms with van der Waals surface area (Å²) in [6.07, 6.45) is 4.63. The number of halogens is 1. The first-order valence-electron chi connectivity index (χ1n) is 7.50. The number of fused-ring (bicyclic) bond motifs is 3. The van der Waals surface area contributed by atoms with Crippen LogP contribution in [0.4, 0.5) is 11.6 Å². The number of hydrogen-bond acceptors (Lipinski definition) is 4. The van der Waals surface area contributed by atoms with Crippen LogP contribution in [-0.2, 0) is 9.59 Å². The van der Waals surface area contributed by atoms with Crippen LogP contribution in [0.2, 0.25) is 0 Å². The number of H-pyrrole nitrogens is 1. The molecule has 4 atom stereocenters. The number of carboxylic acid groups (broad SMARTS) is 1. The number of hydrogen-bond donors (Lipinski definition) is 4. The van der Waals surface area contributed by atoms with Gasteiger partial charge in [0.25, 0.3) is 0 Å². The molecule has 0 spiro atoms. The van der Waals surface area contributed by atoms with Gasteiger partial charge in [0.1, 0.15) is 0 Å². The number of rotatable bonds is 3. The first-order chi connectivity index (χ1) is 11.0. The molecule has 0 aliphatic heterocycles. The van der Waals surface area contributed by atoms with Crippen molar-refractivity contribution in [1.29, 1.82) is 0 Å². The molecule has 2 unspecified atom stereocenters. The summed E-state index contributed by atoms with van der Waals surface area (Å²) in [7, 11) is 0. The van der Waals surface area contributed by atoms with Crippen LogP contribution in [0.5, 0.6) is 0 Å². The van der Waals surface area contributed by atoms with E-state index in [0.717, 1.165) is 11.9 Å². The maximum absolute atomic E-state index is 12.6. The van der Waals surface area contributed by atoms with Gasteiger partial charge in [-0.3, -0.25) is 9.59 Å². The number of carbonyl (C=O) groups is 2. The number of allylic oxidation sites excluding steroid dienone is 2. The van der Waals surface area contributed by atoms with Gasteiger partial charge in [0.15, 0.2) is 5.95 Å². The molecule has 0 saturated heterocycles. The van der Waals surface area contributed by atoms with Crippen molar-refractivity contribution in [2.75, 3.05) is 11.1 Å². The quantitative estimate of drug-likeness (QED) is 0.632. The van der Waals surface area contributed by atoms with Crippen molar-refractivity contribution in [3.63, 3.8) is 0 Å². The number of aromatic amines is 1. The molecule has 2 aromatic rings. The van der Waals surface area contributed by atoms with E-state index in [-0.39, 0.29) is 30.2 Å². The number of aromatic nitrogens is 2. The van der Waals surface area contributed by atoms with Crippen LogP contribution in [0.15, 0.2) is 30.4 Å². The normalized spacial score (nSPS) is 27.2. The predicted octanol–water partition coefficient (Wildman–Crippen LogP) is 2.03. The first kappa shape index (κ1) is 16.3. The summed E-state index contributed by atoms with van der Waals surface area (Å²) in [5.74, 6) is -2.04. The maximum Gasteiger partial charge on any atom is 0.307 e. The highest BCUT2D eigenvalue weighted by molar-refractivity contribution is 5.97. The van der Waals surface area contributed by atoms with E-state index in [1.807, 2.05) is 12.2 Å². The van der Waals surface area contributed by atoms with E-state index in [1.54, 1.807) is 18.2 Å². The van der Waals surface area contributed by atoms with Crippen LogP contribution in [0, 0.1) is 23.7 Å². The number of aliphatic carboxylic acids is 1. The average Bonchev–Trinajstić information content (AvgIpc) is 3.18. The van der Waals surface area contributed by atoms with Gasteiger partial charge in [0.2, 0.25) is 5.91 Å². The number of nitrogens with one attached hydrogen (secondary N) is 2. The van der Waals surface area contributed by atoms with Gasteiger partial charge in [-0.05, 0) is 36.5 Å². The molecule has 126 valence electrons. The molecule has 8 heteroatoms. The zero-order valence-electron chi connectivity index (χ0n) is 12.6. The lowest BCUT2D eigenvalue weighted by Crippen LogP contribution is -2.36. The van der Waals surface area contributed by atoms with Crippen molar-refractivity contribution in [3.05, 3.63) is 30.4 Å². The van der Waals surface area contributed by atoms with Gasteiger partial charge in [0, 0.05) is 5.69 Å². The predicted molar refractivity (Wildman–Crippen MR) is 91.7 cm³/mol. The second-order valence-corrected chi connectivity index (χ2v) is 6.18. The molecule has 1 amide bonds. The summed E-state index contributed by atoms with van der Waals surface area (Å²) in [5.41, 5.74) is 7.65. The number of carbonyl (C=O) groups excluding carboxylic acids is 1. The van der Waals surface area contributed by atoms with E-state index in [1.165, 1.54) is 0 Å². The highest BCUT2D eigenvalue weighted by Crippen LogP contribution is 2.48. The number of benzene rings is 1. The van der Waals surface area contributed by atoms with Gasteiger partial charge in [-0.25, -0.2) is 4.98 Å². The summed E-state index contributed by atoms with van der Waals surface area (Å²) in [6, 6.07) is 5.24. The van der Waals surface area contributed by atoms with Crippen molar-refractivity contribution < 1.29 is 14.7 Å². The summed E-state index contributed by atoms with van der Waals surface area (Å²) in [4.78, 5) is 31.1. The van der Waals surface area contributed by atoms with E-state index in [2.05, 4.69) is 15.3 Å². The van der Waals surface area contributed by atoms with Gasteiger partial charge in [-0.1, -0.05) is 12.2 Å². The molecule has 1 heterocycles. The van der Waals surface area contributed by atoms with Gasteiger partial charge in [0.05, 0.1) is 22.9 Å². The Morgan fingerprint density at radius 1 is 1.25 bits per heavy atom. The van der Waals surface area contributed by atoms with Gasteiger partial charge >= 0.3 is 5.97 Å². The van der Waals surface area contributed by atoms with Crippen LogP contribution in [-0.4, -0.2) is 27.0 Å². The largest absolute Gasteiger partial charge is 0.481 e. The number of carboxylic acids is 1. The van der Waals surface area contributed by atoms with Crippen LogP contribution in [0.3, 0.4) is 0 Å². The minimum Gasteiger partial charge on any atom is -0.481 e. The van der Waals surface area contributed by atoms with Gasteiger partial charge in [-0.15, -0.1) is 12.4 Å². The van der Waals surface area contributed by atoms with E-state index in [4.69, 9.17) is 5.73 Å². The number of amides is 1. The van der Waals surface area contributed by atoms with Crippen molar-refractivity contribution in [1.82, 2.24) is 9.97 Å². The molecular weight excluding hydrogens is 332 g/mol. The van der Waals surface area contributed by atoms with E-state index in [9.17, 15) is 14.7 Å². The Bertz CT molecular complexity index is 847. The molecule has 2 aliphatic rings. The van der Waals surface area contributed by atoms with E-state index in [0.29, 0.717) is 17.2 Å². The maximum atomic E-state index is 12.6. The van der Waals surface area contributed by atoms with Crippen molar-refractivity contribution >= 4 is 47.0 Å². The number of imidazole rings is 1. The topological polar surface area (TPSA) is 121 Å². The monoisotopic (exact) mass is 348 g/mol. The van der Waals surface area contributed by atoms with Crippen LogP contribution >= 0.6 is 12.4 Å². The molecule has 2 aliphatic carbocycles. The third kappa shape index (κ3) is 2.50. The summed E-state index contributed by atoms with van der Waals surface area (Å²) in [5, 5.41) is 12.3. The molecule has 4 rings (SSSR count). The molecule has 2 bridgehead atoms. The average molecular weight is 349 g/mol. The second kappa shape index (κ2) is 5.83. The number of nitrogen functional groups attached to an aromatic ring is 1. The fourth-order valence-electron chi connectivity index (χ4n) is 3.85. The molecular formula is C16H17ClN4O3. The highest BCUT2D eigenvalue weighted by atomic mass is 35.5. The Labute approximate surface area is 143 Å². The fraction of sp³-hybridized carbons (Fsp3) is 0.312. The fourth-order valence-corrected chi connectivity index (χ4v) is 3.85. The molecule has 7 nitrogen and oxygen atoms in total. The summed E-state index contributed by atoms with van der Waals surface area (Å²) in [6.45, 7) is 0. The Balaban J connectivity index is 0.00000169. The van der Waals surface area contributed by atoms with Crippen molar-refractivity contribution in [2.45, 2.75) is 6.42 Å². The Morgan fingerprint density at radius 2 is 1.96 bits per heavy atom. The third-order valence-corrected chi connectivity index (χ3v) is 4.81. The SMILES string of the molecule is Cl.Nc1nc2ccc(NC(=O)[C@@H]3C4C=CC(C4)[C@@H]3C(=O)O)cc2[nH]1. The smallest absolute Gasteiger partial charge is 0.307 e. The van der Waals surface area contributed by atoms with Crippen molar-refractivity contribution in [2.24, 2.45) is 23.7 Å². The minimum atomic E-state index is -0.904. The summed E-state index contributed by atoms with van der Waals surface area (Å²) >= 11 is 0. The zero-order valence-corrected chi connectivity index (χ0v) is 13.4. The second-order valence-electron chi connectivity index (χ2n) is 6.18. The molecule has 5 N–H and O–H groups in total. The summed E-state index contributed by atoms with van der Waals surface area (Å²) < 4.78 is 0. The number of anilines is 2. The van der Waals surface area contributed by atoms with Gasteiger partial charge in [-0.2, -0.15) is 0 Å². The van der Waals surface area contributed by atoms with Crippen LogP contribution in [0.25, 0.3) is 11.0 Å². The standard InChI is InChI=1S/C16H16N4O3.ClH/c17-16-19-10-4-3-9(6-11(10)20-16)18-14(21)12-7-1-2-8(5-7)13(12)15(22)23;/h1-4,6-8,12-13H,5H2,(H,18,21)(H,22,23)(H3,17,19,20);1H/t7?,8?,12-,13+;/m1./s1. The first-order valence-corrected chi connectivity index (χ1v) is 7.50. The zero-order chi connectivity index (χ0) is 16.1. The lowest BCUT2D eigenvalue weighted by molar-refractivity contribution is -0.146. The third-order valence-electron chi connectivity index (χ3n) is 4.81. The van der Waals surface area contributed by atoms with Crippen LogP contribution in [0.1, 0.15) is 6.42 Å². The number of nitrogens with zero attached hydrogens (tertiary/aromatic N) is 1. The highest BCUT2D eigenvalue weighted by Gasteiger charge is 2.51. The Kier molecular flexibility index (Phi) is 3.96. The molecule has 1 aromatic carbocycles. The lowest BCUT2D eigenvalue weighted by atomic mass is 9.82. The molecule has 1 saturated carbocycles. The molecule has 24 heavy (non-hydrogen) atoms. The van der Waals surface area contributed by atoms with E-state index < -0.39 is 17.8 Å². The lowest BCUT2D eigenvalue weighted by Gasteiger charge is -2.23. The Morgan fingerprint density at radius 3 is 2.67 bits per heavy atom. The van der Waals surface area contributed by atoms with E-state index >= 15 is 0 Å². The van der Waals surface area contributed by atoms with Crippen LogP contribution < -0.4 is 11.1 Å². The Hall–Kier alpha value is -2.54. The molecule has 1 fully saturated rings. The number of nitrogens with two attached hydrogens (primary N) is 1.